The monoisotopic (exact) mass is 271 g/mol. The van der Waals surface area contributed by atoms with Crippen molar-refractivity contribution in [2.24, 2.45) is 10.7 Å². The summed E-state index contributed by atoms with van der Waals surface area (Å²) in [4.78, 5) is 21.1. The molecule has 0 aliphatic heterocycles. The van der Waals surface area contributed by atoms with Gasteiger partial charge in [0.15, 0.2) is 5.01 Å². The van der Waals surface area contributed by atoms with E-state index in [9.17, 15) is 4.79 Å². The van der Waals surface area contributed by atoms with E-state index in [4.69, 9.17) is 5.73 Å². The summed E-state index contributed by atoms with van der Waals surface area (Å²) in [5.74, 6) is -0.255. The van der Waals surface area contributed by atoms with Crippen LogP contribution in [0, 0.1) is 0 Å². The first kappa shape index (κ1) is 12.2. The lowest BCUT2D eigenvalue weighted by Crippen LogP contribution is -2.37. The van der Waals surface area contributed by atoms with Gasteiger partial charge in [-0.1, -0.05) is 30.3 Å². The molecule has 0 atom stereocenters. The molecule has 1 aliphatic rings. The van der Waals surface area contributed by atoms with Gasteiger partial charge in [-0.15, -0.1) is 11.3 Å². The van der Waals surface area contributed by atoms with Gasteiger partial charge in [-0.25, -0.2) is 9.98 Å². The maximum atomic E-state index is 11.9. The molecule has 96 valence electrons. The predicted molar refractivity (Wildman–Crippen MR) is 76.5 cm³/mol. The Morgan fingerprint density at radius 3 is 2.74 bits per heavy atom. The molecule has 2 N–H and O–H groups in total. The number of aliphatic imine (C=N–C) groups is 1. The van der Waals surface area contributed by atoms with Gasteiger partial charge >= 0.3 is 5.91 Å². The van der Waals surface area contributed by atoms with Crippen molar-refractivity contribution >= 4 is 23.0 Å². The lowest BCUT2D eigenvalue weighted by atomic mass is 9.91. The van der Waals surface area contributed by atoms with Gasteiger partial charge in [-0.2, -0.15) is 0 Å². The average molecular weight is 271 g/mol. The second-order valence-corrected chi connectivity index (χ2v) is 5.58. The molecule has 1 fully saturated rings. The standard InChI is InChI=1S/C14H13N3OS/c15-10-6-11(7-10)17-13(18)14-16-8-12(19-14)9-4-2-1-3-5-9/h1-5,8,10H,6-7,15H2. The molecule has 1 aliphatic carbocycles. The highest BCUT2D eigenvalue weighted by molar-refractivity contribution is 7.17. The number of nitrogens with zero attached hydrogens (tertiary/aromatic N) is 2. The topological polar surface area (TPSA) is 68.3 Å². The molecular formula is C14H13N3OS. The molecule has 2 aromatic rings. The molecule has 1 aromatic heterocycles. The third kappa shape index (κ3) is 2.62. The summed E-state index contributed by atoms with van der Waals surface area (Å²) < 4.78 is 0. The SMILES string of the molecule is NC1CC(=NC(=O)c2ncc(-c3ccccc3)s2)C1. The quantitative estimate of drug-likeness (QED) is 0.912. The minimum atomic E-state index is -0.255. The minimum absolute atomic E-state index is 0.169. The maximum absolute atomic E-state index is 11.9. The Labute approximate surface area is 115 Å². The van der Waals surface area contributed by atoms with Crippen LogP contribution in [0.5, 0.6) is 0 Å². The van der Waals surface area contributed by atoms with Gasteiger partial charge in [0.1, 0.15) is 0 Å². The van der Waals surface area contributed by atoms with Gasteiger partial charge in [0.25, 0.3) is 0 Å². The van der Waals surface area contributed by atoms with Crippen molar-refractivity contribution in [3.63, 3.8) is 0 Å². The van der Waals surface area contributed by atoms with Crippen LogP contribution in [0.15, 0.2) is 41.5 Å². The Morgan fingerprint density at radius 2 is 2.05 bits per heavy atom. The van der Waals surface area contributed by atoms with Gasteiger partial charge in [0.2, 0.25) is 0 Å². The number of hydrogen-bond donors (Lipinski definition) is 1. The van der Waals surface area contributed by atoms with Gasteiger partial charge in [-0.3, -0.25) is 4.79 Å². The summed E-state index contributed by atoms with van der Waals surface area (Å²) in [5, 5.41) is 0.437. The predicted octanol–water partition coefficient (Wildman–Crippen LogP) is 2.51. The first-order valence-corrected chi connectivity index (χ1v) is 6.91. The highest BCUT2D eigenvalue weighted by Gasteiger charge is 2.22. The molecule has 5 heteroatoms. The van der Waals surface area contributed by atoms with E-state index in [2.05, 4.69) is 9.98 Å². The smallest absolute Gasteiger partial charge is 0.305 e. The molecule has 0 unspecified atom stereocenters. The molecule has 1 amide bonds. The molecule has 4 nitrogen and oxygen atoms in total. The van der Waals surface area contributed by atoms with E-state index in [0.717, 1.165) is 29.0 Å². The Bertz CT molecular complexity index is 625. The number of carbonyl (C=O) groups excluding carboxylic acids is 1. The molecule has 1 aromatic carbocycles. The van der Waals surface area contributed by atoms with E-state index in [1.54, 1.807) is 6.20 Å². The number of amides is 1. The zero-order chi connectivity index (χ0) is 13.2. The van der Waals surface area contributed by atoms with Crippen LogP contribution in [0.4, 0.5) is 0 Å². The minimum Gasteiger partial charge on any atom is -0.327 e. The van der Waals surface area contributed by atoms with Crippen molar-refractivity contribution in [3.05, 3.63) is 41.5 Å². The van der Waals surface area contributed by atoms with E-state index in [1.807, 2.05) is 30.3 Å². The number of hydrogen-bond acceptors (Lipinski definition) is 4. The molecule has 0 radical (unpaired) electrons. The summed E-state index contributed by atoms with van der Waals surface area (Å²) in [5.41, 5.74) is 7.61. The van der Waals surface area contributed by atoms with E-state index < -0.39 is 0 Å². The number of benzene rings is 1. The number of nitrogens with two attached hydrogens (primary N) is 1. The molecule has 1 saturated carbocycles. The molecule has 19 heavy (non-hydrogen) atoms. The Morgan fingerprint density at radius 1 is 1.32 bits per heavy atom. The summed E-state index contributed by atoms with van der Waals surface area (Å²) in [6.45, 7) is 0. The molecule has 0 bridgehead atoms. The fourth-order valence-corrected chi connectivity index (χ4v) is 2.74. The summed E-state index contributed by atoms with van der Waals surface area (Å²) in [6, 6.07) is 10.1. The summed E-state index contributed by atoms with van der Waals surface area (Å²) in [7, 11) is 0. The van der Waals surface area contributed by atoms with Crippen LogP contribution in [0.2, 0.25) is 0 Å². The van der Waals surface area contributed by atoms with Gasteiger partial charge < -0.3 is 5.73 Å². The molecule has 0 saturated heterocycles. The van der Waals surface area contributed by atoms with E-state index >= 15 is 0 Å². The maximum Gasteiger partial charge on any atom is 0.305 e. The first-order valence-electron chi connectivity index (χ1n) is 6.10. The number of rotatable bonds is 2. The van der Waals surface area contributed by atoms with Crippen LogP contribution in [-0.4, -0.2) is 22.6 Å². The van der Waals surface area contributed by atoms with Crippen molar-refractivity contribution in [1.82, 2.24) is 4.98 Å². The van der Waals surface area contributed by atoms with Crippen molar-refractivity contribution in [3.8, 4) is 10.4 Å². The van der Waals surface area contributed by atoms with Crippen LogP contribution in [0.25, 0.3) is 10.4 Å². The van der Waals surface area contributed by atoms with Crippen LogP contribution >= 0.6 is 11.3 Å². The average Bonchev–Trinajstić information content (AvgIpc) is 2.87. The highest BCUT2D eigenvalue weighted by atomic mass is 32.1. The first-order chi connectivity index (χ1) is 9.22. The normalized spacial score (nSPS) is 17.9. The van der Waals surface area contributed by atoms with Crippen LogP contribution < -0.4 is 5.73 Å². The van der Waals surface area contributed by atoms with Crippen molar-refractivity contribution < 1.29 is 4.79 Å². The second kappa shape index (κ2) is 5.03. The number of aromatic nitrogens is 1. The number of carbonyl (C=O) groups is 1. The Kier molecular flexibility index (Phi) is 3.23. The largest absolute Gasteiger partial charge is 0.327 e. The van der Waals surface area contributed by atoms with Crippen molar-refractivity contribution in [2.45, 2.75) is 18.9 Å². The van der Waals surface area contributed by atoms with Gasteiger partial charge in [-0.05, 0) is 5.56 Å². The zero-order valence-corrected chi connectivity index (χ0v) is 11.1. The Hall–Kier alpha value is -1.85. The Balaban J connectivity index is 1.78. The molecular weight excluding hydrogens is 258 g/mol. The third-order valence-electron chi connectivity index (χ3n) is 3.00. The van der Waals surface area contributed by atoms with E-state index in [-0.39, 0.29) is 11.9 Å². The number of thiazole rings is 1. The lowest BCUT2D eigenvalue weighted by molar-refractivity contribution is 0.100. The molecule has 0 spiro atoms. The second-order valence-electron chi connectivity index (χ2n) is 4.55. The highest BCUT2D eigenvalue weighted by Crippen LogP contribution is 2.26. The van der Waals surface area contributed by atoms with Gasteiger partial charge in [0, 0.05) is 30.8 Å². The van der Waals surface area contributed by atoms with Crippen molar-refractivity contribution in [1.29, 1.82) is 0 Å². The van der Waals surface area contributed by atoms with Crippen LogP contribution in [0.3, 0.4) is 0 Å². The summed E-state index contributed by atoms with van der Waals surface area (Å²) >= 11 is 1.37. The van der Waals surface area contributed by atoms with Crippen LogP contribution in [0.1, 0.15) is 22.6 Å². The molecule has 1 heterocycles. The van der Waals surface area contributed by atoms with E-state index in [0.29, 0.717) is 5.01 Å². The third-order valence-corrected chi connectivity index (χ3v) is 4.04. The zero-order valence-electron chi connectivity index (χ0n) is 10.2. The van der Waals surface area contributed by atoms with Gasteiger partial charge in [0.05, 0.1) is 4.88 Å². The summed E-state index contributed by atoms with van der Waals surface area (Å²) in [6.07, 6.45) is 3.17. The lowest BCUT2D eigenvalue weighted by Gasteiger charge is -2.22. The fourth-order valence-electron chi connectivity index (χ4n) is 1.94. The fraction of sp³-hybridized carbons (Fsp3) is 0.214. The van der Waals surface area contributed by atoms with E-state index in [1.165, 1.54) is 11.3 Å². The van der Waals surface area contributed by atoms with Crippen molar-refractivity contribution in [2.75, 3.05) is 0 Å². The van der Waals surface area contributed by atoms with Crippen LogP contribution in [-0.2, 0) is 0 Å². The molecule has 3 rings (SSSR count).